The summed E-state index contributed by atoms with van der Waals surface area (Å²) in [7, 11) is 1.64. The number of carbonyl (C=O) groups excluding carboxylic acids is 2. The molecular formula is C25H28N4O3. The Bertz CT molecular complexity index is 1150. The molecule has 0 aliphatic carbocycles. The minimum atomic E-state index is -1.66. The number of allylic oxidation sites excluding steroid dienone is 3. The lowest BCUT2D eigenvalue weighted by molar-refractivity contribution is -0.137. The molecule has 7 heteroatoms. The highest BCUT2D eigenvalue weighted by Crippen LogP contribution is 2.22. The number of carbonyl (C=O) groups is 2. The van der Waals surface area contributed by atoms with Crippen molar-refractivity contribution >= 4 is 17.9 Å². The van der Waals surface area contributed by atoms with Crippen LogP contribution in [0.15, 0.2) is 42.5 Å². The molecular weight excluding hydrogens is 404 g/mol. The Morgan fingerprint density at radius 3 is 2.81 bits per heavy atom. The molecule has 32 heavy (non-hydrogen) atoms. The maximum Gasteiger partial charge on any atom is 0.269 e. The second-order valence-corrected chi connectivity index (χ2v) is 7.85. The Morgan fingerprint density at radius 1 is 1.38 bits per heavy atom. The van der Waals surface area contributed by atoms with Crippen molar-refractivity contribution in [3.05, 3.63) is 65.0 Å². The fourth-order valence-electron chi connectivity index (χ4n) is 3.48. The molecule has 1 aliphatic heterocycles. The lowest BCUT2D eigenvalue weighted by Gasteiger charge is -2.13. The van der Waals surface area contributed by atoms with Crippen LogP contribution in [0.4, 0.5) is 0 Å². The molecule has 166 valence electrons. The van der Waals surface area contributed by atoms with Crippen molar-refractivity contribution < 1.29 is 14.7 Å². The summed E-state index contributed by atoms with van der Waals surface area (Å²) in [5.41, 5.74) is 6.77. The van der Waals surface area contributed by atoms with Gasteiger partial charge in [-0.15, -0.1) is 0 Å². The molecule has 2 amide bonds. The van der Waals surface area contributed by atoms with Crippen molar-refractivity contribution in [3.63, 3.8) is 0 Å². The van der Waals surface area contributed by atoms with Crippen molar-refractivity contribution in [1.82, 2.24) is 14.7 Å². The standard InChI is InChI=1S/C25H28N4O3/c1-4-5-6-7-8-12-21-18(2)22(23(26)30)27-29(21)20-11-9-10-19(17-20)13-14-25(32)15-16-28(3)24(25)31/h6-12,17,32H,4-5,15-16H2,1-3H3,(H2,26,30)/b7-6+,12-8-/t25-/m0/s1. The number of likely N-dealkylation sites (tertiary alicyclic amines) is 1. The molecule has 1 saturated heterocycles. The van der Waals surface area contributed by atoms with Gasteiger partial charge in [0.05, 0.1) is 11.4 Å². The Kier molecular flexibility index (Phi) is 6.96. The average Bonchev–Trinajstić information content (AvgIpc) is 3.24. The monoisotopic (exact) mass is 432 g/mol. The number of aliphatic hydroxyl groups is 1. The fraction of sp³-hybridized carbons (Fsp3) is 0.320. The van der Waals surface area contributed by atoms with Crippen LogP contribution < -0.4 is 5.73 Å². The summed E-state index contributed by atoms with van der Waals surface area (Å²) in [6.45, 7) is 4.39. The molecule has 0 bridgehead atoms. The van der Waals surface area contributed by atoms with Crippen molar-refractivity contribution in [2.75, 3.05) is 13.6 Å². The summed E-state index contributed by atoms with van der Waals surface area (Å²) < 4.78 is 1.65. The van der Waals surface area contributed by atoms with E-state index in [0.29, 0.717) is 23.4 Å². The molecule has 0 saturated carbocycles. The van der Waals surface area contributed by atoms with E-state index in [1.54, 1.807) is 30.8 Å². The molecule has 7 nitrogen and oxygen atoms in total. The van der Waals surface area contributed by atoms with Gasteiger partial charge in [-0.1, -0.05) is 49.5 Å². The van der Waals surface area contributed by atoms with E-state index in [2.05, 4.69) is 29.9 Å². The van der Waals surface area contributed by atoms with E-state index in [1.165, 1.54) is 4.90 Å². The second kappa shape index (κ2) is 9.67. The third-order valence-electron chi connectivity index (χ3n) is 5.37. The van der Waals surface area contributed by atoms with Crippen LogP contribution in [0.5, 0.6) is 0 Å². The molecule has 2 heterocycles. The van der Waals surface area contributed by atoms with Gasteiger partial charge in [-0.25, -0.2) is 4.68 Å². The van der Waals surface area contributed by atoms with Crippen molar-refractivity contribution in [1.29, 1.82) is 0 Å². The number of hydrogen-bond donors (Lipinski definition) is 2. The molecule has 0 unspecified atom stereocenters. The Labute approximate surface area is 188 Å². The van der Waals surface area contributed by atoms with Gasteiger partial charge >= 0.3 is 0 Å². The SMILES string of the molecule is CCC/C=C/C=C\c1c(C)c(C(N)=O)nn1-c1cccc(C#C[C@]2(O)CCN(C)C2=O)c1. The third-order valence-corrected chi connectivity index (χ3v) is 5.37. The predicted molar refractivity (Wildman–Crippen MR) is 124 cm³/mol. The first kappa shape index (κ1) is 23.0. The number of nitrogens with zero attached hydrogens (tertiary/aromatic N) is 3. The molecule has 1 fully saturated rings. The lowest BCUT2D eigenvalue weighted by atomic mass is 10.0. The van der Waals surface area contributed by atoms with Gasteiger partial charge in [-0.05, 0) is 37.6 Å². The largest absolute Gasteiger partial charge is 0.369 e. The van der Waals surface area contributed by atoms with Crippen molar-refractivity contribution in [2.45, 2.75) is 38.7 Å². The maximum atomic E-state index is 12.2. The van der Waals surface area contributed by atoms with E-state index < -0.39 is 17.4 Å². The smallest absolute Gasteiger partial charge is 0.269 e. The molecule has 1 aromatic carbocycles. The van der Waals surface area contributed by atoms with Crippen LogP contribution in [0.2, 0.25) is 0 Å². The summed E-state index contributed by atoms with van der Waals surface area (Å²) in [6, 6.07) is 7.23. The van der Waals surface area contributed by atoms with Gasteiger partial charge in [-0.3, -0.25) is 9.59 Å². The van der Waals surface area contributed by atoms with Crippen LogP contribution in [0.25, 0.3) is 11.8 Å². The van der Waals surface area contributed by atoms with Gasteiger partial charge in [0.15, 0.2) is 5.69 Å². The van der Waals surface area contributed by atoms with Crippen LogP contribution in [0.3, 0.4) is 0 Å². The molecule has 0 spiro atoms. The zero-order chi connectivity index (χ0) is 23.3. The maximum absolute atomic E-state index is 12.2. The Morgan fingerprint density at radius 2 is 2.16 bits per heavy atom. The van der Waals surface area contributed by atoms with E-state index in [1.807, 2.05) is 30.4 Å². The Balaban J connectivity index is 1.98. The summed E-state index contributed by atoms with van der Waals surface area (Å²) in [4.78, 5) is 25.5. The van der Waals surface area contributed by atoms with Crippen LogP contribution in [-0.4, -0.2) is 50.8 Å². The van der Waals surface area contributed by atoms with E-state index in [-0.39, 0.29) is 12.1 Å². The van der Waals surface area contributed by atoms with Crippen molar-refractivity contribution in [3.8, 4) is 17.5 Å². The van der Waals surface area contributed by atoms with Crippen LogP contribution >= 0.6 is 0 Å². The summed E-state index contributed by atoms with van der Waals surface area (Å²) in [6.07, 6.45) is 10.2. The van der Waals surface area contributed by atoms with Crippen LogP contribution in [-0.2, 0) is 4.79 Å². The van der Waals surface area contributed by atoms with Crippen LogP contribution in [0.1, 0.15) is 53.5 Å². The summed E-state index contributed by atoms with van der Waals surface area (Å²) in [5.74, 6) is 4.64. The van der Waals surface area contributed by atoms with Gasteiger partial charge in [0.1, 0.15) is 0 Å². The predicted octanol–water partition coefficient (Wildman–Crippen LogP) is 2.59. The van der Waals surface area contributed by atoms with E-state index >= 15 is 0 Å². The average molecular weight is 433 g/mol. The molecule has 3 N–H and O–H groups in total. The number of aromatic nitrogens is 2. The fourth-order valence-corrected chi connectivity index (χ4v) is 3.48. The van der Waals surface area contributed by atoms with Gasteiger partial charge in [-0.2, -0.15) is 5.10 Å². The number of likely N-dealkylation sites (N-methyl/N-ethyl adjacent to an activating group) is 1. The van der Waals surface area contributed by atoms with Crippen LogP contribution in [0, 0.1) is 18.8 Å². The normalized spacial score (nSPS) is 18.5. The molecule has 1 aliphatic rings. The van der Waals surface area contributed by atoms with Gasteiger partial charge < -0.3 is 15.7 Å². The number of rotatable bonds is 6. The number of hydrogen-bond acceptors (Lipinski definition) is 4. The number of unbranched alkanes of at least 4 members (excludes halogenated alkanes) is 1. The zero-order valence-electron chi connectivity index (χ0n) is 18.6. The summed E-state index contributed by atoms with van der Waals surface area (Å²) >= 11 is 0. The first-order valence-corrected chi connectivity index (χ1v) is 10.6. The quantitative estimate of drug-likeness (QED) is 0.541. The van der Waals surface area contributed by atoms with Crippen molar-refractivity contribution in [2.24, 2.45) is 5.73 Å². The molecule has 3 rings (SSSR count). The number of primary amides is 1. The lowest BCUT2D eigenvalue weighted by Crippen LogP contribution is -2.37. The molecule has 1 atom stereocenters. The summed E-state index contributed by atoms with van der Waals surface area (Å²) in [5, 5.41) is 14.9. The first-order chi connectivity index (χ1) is 15.3. The second-order valence-electron chi connectivity index (χ2n) is 7.85. The number of nitrogens with two attached hydrogens (primary N) is 1. The minimum absolute atomic E-state index is 0.201. The Hall–Kier alpha value is -3.63. The van der Waals surface area contributed by atoms with Gasteiger partial charge in [0.2, 0.25) is 5.60 Å². The molecule has 1 aromatic heterocycles. The third kappa shape index (κ3) is 4.82. The molecule has 2 aromatic rings. The highest BCUT2D eigenvalue weighted by atomic mass is 16.3. The first-order valence-electron chi connectivity index (χ1n) is 10.6. The number of amides is 2. The van der Waals surface area contributed by atoms with E-state index in [0.717, 1.165) is 18.5 Å². The van der Waals surface area contributed by atoms with E-state index in [4.69, 9.17) is 5.73 Å². The van der Waals surface area contributed by atoms with Gasteiger partial charge in [0, 0.05) is 31.1 Å². The zero-order valence-corrected chi connectivity index (χ0v) is 18.6. The van der Waals surface area contributed by atoms with Gasteiger partial charge in [0.25, 0.3) is 11.8 Å². The van der Waals surface area contributed by atoms with E-state index in [9.17, 15) is 14.7 Å². The molecule has 0 radical (unpaired) electrons. The highest BCUT2D eigenvalue weighted by Gasteiger charge is 2.42. The topological polar surface area (TPSA) is 101 Å². The minimum Gasteiger partial charge on any atom is -0.369 e. The number of benzene rings is 1. The highest BCUT2D eigenvalue weighted by molar-refractivity contribution is 5.93.